The normalized spacial score (nSPS) is 21.2. The van der Waals surface area contributed by atoms with Gasteiger partial charge in [-0.3, -0.25) is 10.4 Å². The molecule has 0 spiro atoms. The van der Waals surface area contributed by atoms with Gasteiger partial charge in [0.15, 0.2) is 0 Å². The summed E-state index contributed by atoms with van der Waals surface area (Å²) in [7, 11) is 3.89. The van der Waals surface area contributed by atoms with Crippen LogP contribution in [-0.4, -0.2) is 36.9 Å². The molecule has 0 bridgehead atoms. The average molecular weight is 186 g/mol. The molecule has 0 radical (unpaired) electrons. The van der Waals surface area contributed by atoms with Gasteiger partial charge in [0.2, 0.25) is 0 Å². The quantitative estimate of drug-likeness (QED) is 0.629. The number of hydrogen-bond acceptors (Lipinski definition) is 3. The minimum absolute atomic E-state index is 0.175. The summed E-state index contributed by atoms with van der Waals surface area (Å²) in [6.07, 6.45) is 6.15. The SMILES string of the molecule is CN(C)NCC(O)CC1CCCC1. The molecular formula is C10H22N2O. The third-order valence-electron chi connectivity index (χ3n) is 2.72. The Morgan fingerprint density at radius 1 is 1.38 bits per heavy atom. The number of aliphatic hydroxyl groups is 1. The Bertz CT molecular complexity index is 133. The van der Waals surface area contributed by atoms with Crippen LogP contribution >= 0.6 is 0 Å². The summed E-state index contributed by atoms with van der Waals surface area (Å²) >= 11 is 0. The fraction of sp³-hybridized carbons (Fsp3) is 1.00. The first-order chi connectivity index (χ1) is 6.18. The third-order valence-corrected chi connectivity index (χ3v) is 2.72. The molecule has 0 saturated heterocycles. The Balaban J connectivity index is 2.05. The molecule has 1 aliphatic carbocycles. The fourth-order valence-electron chi connectivity index (χ4n) is 2.00. The van der Waals surface area contributed by atoms with E-state index in [2.05, 4.69) is 5.43 Å². The van der Waals surface area contributed by atoms with Gasteiger partial charge in [0.1, 0.15) is 0 Å². The van der Waals surface area contributed by atoms with Crippen LogP contribution in [0.4, 0.5) is 0 Å². The van der Waals surface area contributed by atoms with E-state index >= 15 is 0 Å². The molecule has 0 amide bonds. The first-order valence-electron chi connectivity index (χ1n) is 5.27. The van der Waals surface area contributed by atoms with Crippen LogP contribution in [-0.2, 0) is 0 Å². The van der Waals surface area contributed by atoms with Crippen LogP contribution in [0.15, 0.2) is 0 Å². The molecule has 1 unspecified atom stereocenters. The molecule has 1 fully saturated rings. The van der Waals surface area contributed by atoms with E-state index in [4.69, 9.17) is 0 Å². The van der Waals surface area contributed by atoms with Gasteiger partial charge in [0.25, 0.3) is 0 Å². The zero-order valence-corrected chi connectivity index (χ0v) is 8.79. The van der Waals surface area contributed by atoms with Gasteiger partial charge in [-0.05, 0) is 12.3 Å². The van der Waals surface area contributed by atoms with E-state index in [1.165, 1.54) is 25.7 Å². The molecule has 0 aliphatic heterocycles. The van der Waals surface area contributed by atoms with E-state index in [9.17, 15) is 5.11 Å². The molecule has 78 valence electrons. The van der Waals surface area contributed by atoms with E-state index in [1.54, 1.807) is 0 Å². The minimum Gasteiger partial charge on any atom is -0.392 e. The van der Waals surface area contributed by atoms with Crippen molar-refractivity contribution in [2.75, 3.05) is 20.6 Å². The van der Waals surface area contributed by atoms with Gasteiger partial charge in [-0.25, -0.2) is 0 Å². The van der Waals surface area contributed by atoms with Crippen molar-refractivity contribution in [3.8, 4) is 0 Å². The second-order valence-corrected chi connectivity index (χ2v) is 4.30. The summed E-state index contributed by atoms with van der Waals surface area (Å²) in [6.45, 7) is 0.684. The maximum absolute atomic E-state index is 9.67. The van der Waals surface area contributed by atoms with Gasteiger partial charge >= 0.3 is 0 Å². The summed E-state index contributed by atoms with van der Waals surface area (Å²) in [4.78, 5) is 0. The molecule has 0 aromatic carbocycles. The first-order valence-corrected chi connectivity index (χ1v) is 5.27. The zero-order chi connectivity index (χ0) is 9.68. The van der Waals surface area contributed by atoms with Gasteiger partial charge in [0, 0.05) is 20.6 Å². The van der Waals surface area contributed by atoms with E-state index in [-0.39, 0.29) is 6.10 Å². The van der Waals surface area contributed by atoms with E-state index in [1.807, 2.05) is 19.1 Å². The second-order valence-electron chi connectivity index (χ2n) is 4.30. The summed E-state index contributed by atoms with van der Waals surface area (Å²) in [5.41, 5.74) is 3.10. The fourth-order valence-corrected chi connectivity index (χ4v) is 2.00. The Labute approximate surface area is 81.1 Å². The van der Waals surface area contributed by atoms with E-state index in [0.29, 0.717) is 6.54 Å². The van der Waals surface area contributed by atoms with Crippen molar-refractivity contribution < 1.29 is 5.11 Å². The number of aliphatic hydroxyl groups excluding tert-OH is 1. The van der Waals surface area contributed by atoms with Crippen LogP contribution in [0, 0.1) is 5.92 Å². The highest BCUT2D eigenvalue weighted by Crippen LogP contribution is 2.28. The van der Waals surface area contributed by atoms with Crippen molar-refractivity contribution in [1.82, 2.24) is 10.4 Å². The van der Waals surface area contributed by atoms with Crippen molar-refractivity contribution in [3.63, 3.8) is 0 Å². The van der Waals surface area contributed by atoms with Crippen LogP contribution in [0.1, 0.15) is 32.1 Å². The molecule has 1 saturated carbocycles. The van der Waals surface area contributed by atoms with Crippen molar-refractivity contribution in [2.45, 2.75) is 38.2 Å². The highest BCUT2D eigenvalue weighted by molar-refractivity contribution is 4.71. The Morgan fingerprint density at radius 2 is 2.00 bits per heavy atom. The highest BCUT2D eigenvalue weighted by atomic mass is 16.3. The minimum atomic E-state index is -0.175. The summed E-state index contributed by atoms with van der Waals surface area (Å²) in [5.74, 6) is 0.777. The first kappa shape index (κ1) is 11.0. The van der Waals surface area contributed by atoms with Gasteiger partial charge in [0.05, 0.1) is 6.10 Å². The van der Waals surface area contributed by atoms with Crippen molar-refractivity contribution in [3.05, 3.63) is 0 Å². The Hall–Kier alpha value is -0.120. The molecule has 2 N–H and O–H groups in total. The molecule has 1 rings (SSSR count). The van der Waals surface area contributed by atoms with E-state index in [0.717, 1.165) is 12.3 Å². The second kappa shape index (κ2) is 5.58. The molecule has 13 heavy (non-hydrogen) atoms. The molecule has 3 heteroatoms. The van der Waals surface area contributed by atoms with Crippen LogP contribution in [0.25, 0.3) is 0 Å². The number of hydrazine groups is 1. The van der Waals surface area contributed by atoms with Crippen LogP contribution in [0.3, 0.4) is 0 Å². The van der Waals surface area contributed by atoms with Crippen LogP contribution in [0.5, 0.6) is 0 Å². The lowest BCUT2D eigenvalue weighted by atomic mass is 10.0. The topological polar surface area (TPSA) is 35.5 Å². The molecule has 1 atom stereocenters. The van der Waals surface area contributed by atoms with Crippen molar-refractivity contribution in [2.24, 2.45) is 5.92 Å². The van der Waals surface area contributed by atoms with Gasteiger partial charge in [-0.2, -0.15) is 0 Å². The van der Waals surface area contributed by atoms with Gasteiger partial charge in [-0.15, -0.1) is 0 Å². The van der Waals surface area contributed by atoms with Crippen LogP contribution in [0.2, 0.25) is 0 Å². The molecule has 0 aromatic heterocycles. The summed E-state index contributed by atoms with van der Waals surface area (Å²) < 4.78 is 0. The van der Waals surface area contributed by atoms with Crippen LogP contribution < -0.4 is 5.43 Å². The van der Waals surface area contributed by atoms with Gasteiger partial charge in [-0.1, -0.05) is 25.7 Å². The predicted molar refractivity (Wildman–Crippen MR) is 54.3 cm³/mol. The standard InChI is InChI=1S/C10H22N2O/c1-12(2)11-8-10(13)7-9-5-3-4-6-9/h9-11,13H,3-8H2,1-2H3. The lowest BCUT2D eigenvalue weighted by Crippen LogP contribution is -2.37. The zero-order valence-electron chi connectivity index (χ0n) is 8.79. The molecular weight excluding hydrogens is 164 g/mol. The lowest BCUT2D eigenvalue weighted by molar-refractivity contribution is 0.116. The molecule has 3 nitrogen and oxygen atoms in total. The third kappa shape index (κ3) is 4.60. The predicted octanol–water partition coefficient (Wildman–Crippen LogP) is 0.994. The summed E-state index contributed by atoms with van der Waals surface area (Å²) in [6, 6.07) is 0. The lowest BCUT2D eigenvalue weighted by Gasteiger charge is -2.18. The largest absolute Gasteiger partial charge is 0.392 e. The van der Waals surface area contributed by atoms with Crippen molar-refractivity contribution in [1.29, 1.82) is 0 Å². The number of nitrogens with zero attached hydrogens (tertiary/aromatic N) is 1. The number of hydrogen-bond donors (Lipinski definition) is 2. The van der Waals surface area contributed by atoms with Gasteiger partial charge < -0.3 is 5.11 Å². The highest BCUT2D eigenvalue weighted by Gasteiger charge is 2.18. The average Bonchev–Trinajstić information content (AvgIpc) is 2.53. The van der Waals surface area contributed by atoms with Crippen molar-refractivity contribution >= 4 is 0 Å². The summed E-state index contributed by atoms with van der Waals surface area (Å²) in [5, 5.41) is 11.6. The monoisotopic (exact) mass is 186 g/mol. The number of rotatable bonds is 5. The molecule has 0 aromatic rings. The smallest absolute Gasteiger partial charge is 0.0681 e. The Kier molecular flexibility index (Phi) is 4.70. The van der Waals surface area contributed by atoms with E-state index < -0.39 is 0 Å². The maximum atomic E-state index is 9.67. The number of nitrogens with one attached hydrogen (secondary N) is 1. The maximum Gasteiger partial charge on any atom is 0.0681 e. The Morgan fingerprint density at radius 3 is 2.54 bits per heavy atom. The molecule has 1 aliphatic rings. The molecule has 0 heterocycles.